The molecule has 0 N–H and O–H groups in total. The van der Waals surface area contributed by atoms with Crippen molar-refractivity contribution in [2.24, 2.45) is 0 Å². The molecule has 0 unspecified atom stereocenters. The van der Waals surface area contributed by atoms with Gasteiger partial charge in [-0.3, -0.25) is 0 Å². The summed E-state index contributed by atoms with van der Waals surface area (Å²) >= 11 is 0. The van der Waals surface area contributed by atoms with Crippen molar-refractivity contribution >= 4 is 40.8 Å². The van der Waals surface area contributed by atoms with E-state index in [1.807, 2.05) is 27.7 Å². The van der Waals surface area contributed by atoms with Crippen molar-refractivity contribution in [2.75, 3.05) is 4.90 Å². The van der Waals surface area contributed by atoms with E-state index in [9.17, 15) is 0 Å². The second-order valence-corrected chi connectivity index (χ2v) is 12.4. The van der Waals surface area contributed by atoms with Gasteiger partial charge in [0.1, 0.15) is 0 Å². The van der Waals surface area contributed by atoms with Crippen molar-refractivity contribution in [3.63, 3.8) is 0 Å². The second-order valence-electron chi connectivity index (χ2n) is 12.4. The average molecular weight is 628 g/mol. The normalized spacial score (nSPS) is 11.0. The Bertz CT molecular complexity index is 1840. The molecule has 0 aliphatic carbocycles. The second kappa shape index (κ2) is 15.6. The van der Waals surface area contributed by atoms with Gasteiger partial charge < -0.3 is 14.2 Å². The van der Waals surface area contributed by atoms with Crippen LogP contribution in [-0.2, 0) is 9.31 Å². The first-order chi connectivity index (χ1) is 23.5. The van der Waals surface area contributed by atoms with E-state index in [-0.39, 0.29) is 12.2 Å². The lowest BCUT2D eigenvalue weighted by atomic mass is 9.78. The van der Waals surface area contributed by atoms with Crippen LogP contribution in [0.1, 0.15) is 49.9 Å². The highest BCUT2D eigenvalue weighted by molar-refractivity contribution is 6.61. The van der Waals surface area contributed by atoms with Gasteiger partial charge in [0.2, 0.25) is 0 Å². The molecular weight excluding hydrogens is 585 g/mol. The van der Waals surface area contributed by atoms with Gasteiger partial charge in [-0.1, -0.05) is 133 Å². The van der Waals surface area contributed by atoms with Gasteiger partial charge in [-0.2, -0.15) is 0 Å². The number of hydrogen-bond acceptors (Lipinski definition) is 3. The van der Waals surface area contributed by atoms with Gasteiger partial charge in [0.05, 0.1) is 0 Å². The summed E-state index contributed by atoms with van der Waals surface area (Å²) in [6.45, 7) is 8.14. The molecule has 238 valence electrons. The van der Waals surface area contributed by atoms with Crippen LogP contribution < -0.4 is 10.4 Å². The zero-order valence-corrected chi connectivity index (χ0v) is 28.2. The maximum Gasteiger partial charge on any atom is 0.494 e. The number of benzene rings is 6. The lowest BCUT2D eigenvalue weighted by Gasteiger charge is -2.27. The Balaban J connectivity index is 1.45. The van der Waals surface area contributed by atoms with E-state index in [1.165, 1.54) is 27.8 Å². The van der Waals surface area contributed by atoms with Crippen molar-refractivity contribution in [1.29, 1.82) is 0 Å². The van der Waals surface area contributed by atoms with Crippen molar-refractivity contribution in [1.82, 2.24) is 0 Å². The van der Waals surface area contributed by atoms with Crippen LogP contribution in [0.3, 0.4) is 0 Å². The lowest BCUT2D eigenvalue weighted by Crippen LogP contribution is -2.40. The molecule has 0 saturated heterocycles. The molecule has 0 heterocycles. The maximum atomic E-state index is 6.13. The number of hydrogen-bond donors (Lipinski definition) is 0. The number of para-hydroxylation sites is 1. The predicted molar refractivity (Wildman–Crippen MR) is 203 cm³/mol. The molecule has 0 atom stereocenters. The van der Waals surface area contributed by atoms with E-state index >= 15 is 0 Å². The Morgan fingerprint density at radius 2 is 0.708 bits per heavy atom. The minimum Gasteiger partial charge on any atom is -0.405 e. The number of rotatable bonds is 12. The van der Waals surface area contributed by atoms with E-state index in [0.717, 1.165) is 28.1 Å². The van der Waals surface area contributed by atoms with E-state index in [2.05, 4.69) is 175 Å². The molecule has 0 amide bonds. The van der Waals surface area contributed by atoms with Gasteiger partial charge in [-0.15, -0.1) is 0 Å². The van der Waals surface area contributed by atoms with Gasteiger partial charge in [0, 0.05) is 29.3 Å². The molecule has 3 nitrogen and oxygen atoms in total. The van der Waals surface area contributed by atoms with Crippen LogP contribution in [0.4, 0.5) is 17.1 Å². The van der Waals surface area contributed by atoms with E-state index in [0.29, 0.717) is 0 Å². The predicted octanol–water partition coefficient (Wildman–Crippen LogP) is 10.7. The Labute approximate surface area is 286 Å². The molecule has 0 bridgehead atoms. The number of nitrogens with zero attached hydrogens (tertiary/aromatic N) is 1. The molecule has 0 aliphatic heterocycles. The molecule has 0 fully saturated rings. The third-order valence-corrected chi connectivity index (χ3v) is 8.08. The van der Waals surface area contributed by atoms with E-state index in [4.69, 9.17) is 9.31 Å². The zero-order valence-electron chi connectivity index (χ0n) is 28.2. The monoisotopic (exact) mass is 627 g/mol. The molecule has 0 radical (unpaired) electrons. The Morgan fingerprint density at radius 1 is 0.396 bits per heavy atom. The Hall–Kier alpha value is -5.16. The van der Waals surface area contributed by atoms with Crippen molar-refractivity contribution in [2.45, 2.75) is 39.9 Å². The summed E-state index contributed by atoms with van der Waals surface area (Å²) in [7, 11) is -0.421. The van der Waals surface area contributed by atoms with Crippen LogP contribution in [0.5, 0.6) is 0 Å². The summed E-state index contributed by atoms with van der Waals surface area (Å²) in [5.41, 5.74) is 11.3. The standard InChI is InChI=1S/C44H42BNO2/c1-33(2)47-45(48-34(3)4)39-27-31-42(32-28-39)46(40-23-15-8-16-24-40)41-29-25-38(26-30-41)44(37-21-13-7-14-22-37)43(35-17-9-5-10-18-35)36-19-11-6-12-20-36/h5-34H,1-4H3. The van der Waals surface area contributed by atoms with Crippen molar-refractivity contribution < 1.29 is 9.31 Å². The topological polar surface area (TPSA) is 21.7 Å². The van der Waals surface area contributed by atoms with Gasteiger partial charge in [-0.05, 0) is 103 Å². The molecule has 4 heteroatoms. The lowest BCUT2D eigenvalue weighted by molar-refractivity contribution is 0.139. The first kappa shape index (κ1) is 32.8. The summed E-state index contributed by atoms with van der Waals surface area (Å²) in [5.74, 6) is 0. The summed E-state index contributed by atoms with van der Waals surface area (Å²) in [6, 6.07) is 60.0. The molecule has 48 heavy (non-hydrogen) atoms. The Kier molecular flexibility index (Phi) is 10.7. The molecule has 6 rings (SSSR count). The smallest absolute Gasteiger partial charge is 0.405 e. The SMILES string of the molecule is CC(C)OB(OC(C)C)c1ccc(N(c2ccccc2)c2ccc(C(=C(c3ccccc3)c3ccccc3)c3ccccc3)cc2)cc1. The van der Waals surface area contributed by atoms with E-state index < -0.39 is 7.12 Å². The highest BCUT2D eigenvalue weighted by Crippen LogP contribution is 2.39. The van der Waals surface area contributed by atoms with Gasteiger partial charge in [0.25, 0.3) is 0 Å². The highest BCUT2D eigenvalue weighted by Gasteiger charge is 2.25. The molecule has 0 spiro atoms. The van der Waals surface area contributed by atoms with Crippen LogP contribution >= 0.6 is 0 Å². The summed E-state index contributed by atoms with van der Waals surface area (Å²) < 4.78 is 12.3. The Morgan fingerprint density at radius 3 is 1.08 bits per heavy atom. The molecule has 6 aromatic rings. The van der Waals surface area contributed by atoms with Crippen LogP contribution in [-0.4, -0.2) is 19.3 Å². The molecular formula is C44H42BNO2. The van der Waals surface area contributed by atoms with Crippen molar-refractivity contribution in [3.8, 4) is 0 Å². The van der Waals surface area contributed by atoms with Crippen LogP contribution in [0.15, 0.2) is 170 Å². The minimum atomic E-state index is -0.421. The van der Waals surface area contributed by atoms with E-state index in [1.54, 1.807) is 0 Å². The summed E-state index contributed by atoms with van der Waals surface area (Å²) in [6.07, 6.45) is 0.0961. The summed E-state index contributed by atoms with van der Waals surface area (Å²) in [4.78, 5) is 2.29. The third-order valence-electron chi connectivity index (χ3n) is 8.08. The van der Waals surface area contributed by atoms with Gasteiger partial charge in [0.15, 0.2) is 0 Å². The molecule has 6 aromatic carbocycles. The molecule has 0 saturated carbocycles. The summed E-state index contributed by atoms with van der Waals surface area (Å²) in [5, 5.41) is 0. The average Bonchev–Trinajstić information content (AvgIpc) is 3.12. The largest absolute Gasteiger partial charge is 0.494 e. The first-order valence-corrected chi connectivity index (χ1v) is 16.7. The maximum absolute atomic E-state index is 6.13. The van der Waals surface area contributed by atoms with Crippen LogP contribution in [0.25, 0.3) is 11.1 Å². The number of anilines is 3. The minimum absolute atomic E-state index is 0.0480. The fourth-order valence-corrected chi connectivity index (χ4v) is 5.99. The molecule has 0 aliphatic rings. The highest BCUT2D eigenvalue weighted by atomic mass is 16.6. The fourth-order valence-electron chi connectivity index (χ4n) is 5.99. The van der Waals surface area contributed by atoms with Crippen LogP contribution in [0.2, 0.25) is 0 Å². The van der Waals surface area contributed by atoms with Crippen LogP contribution in [0, 0.1) is 0 Å². The van der Waals surface area contributed by atoms with Gasteiger partial charge >= 0.3 is 7.12 Å². The first-order valence-electron chi connectivity index (χ1n) is 16.7. The fraction of sp³-hybridized carbons (Fsp3) is 0.136. The molecule has 0 aromatic heterocycles. The van der Waals surface area contributed by atoms with Gasteiger partial charge in [-0.25, -0.2) is 0 Å². The zero-order chi connectivity index (χ0) is 33.3. The van der Waals surface area contributed by atoms with Crippen molar-refractivity contribution in [3.05, 3.63) is 192 Å². The third kappa shape index (κ3) is 7.86. The quantitative estimate of drug-likeness (QED) is 0.0996.